The smallest absolute Gasteiger partial charge is 0.248 e. The van der Waals surface area contributed by atoms with Crippen molar-refractivity contribution in [2.24, 2.45) is 5.92 Å². The van der Waals surface area contributed by atoms with E-state index in [1.54, 1.807) is 0 Å². The maximum Gasteiger partial charge on any atom is 0.248 e. The van der Waals surface area contributed by atoms with E-state index < -0.39 is 5.92 Å². The van der Waals surface area contributed by atoms with Crippen molar-refractivity contribution in [2.75, 3.05) is 6.54 Å². The van der Waals surface area contributed by atoms with E-state index in [0.29, 0.717) is 23.8 Å². The molecular formula is C15H19BrClF2N. The molecule has 0 aliphatic heterocycles. The second kappa shape index (κ2) is 7.19. The molecule has 0 bridgehead atoms. The van der Waals surface area contributed by atoms with E-state index in [1.165, 1.54) is 0 Å². The molecule has 0 spiro atoms. The number of rotatable bonds is 5. The number of hydrogen-bond acceptors (Lipinski definition) is 1. The summed E-state index contributed by atoms with van der Waals surface area (Å²) in [5.41, 5.74) is 1.13. The van der Waals surface area contributed by atoms with E-state index in [-0.39, 0.29) is 12.8 Å². The molecule has 1 aliphatic rings. The van der Waals surface area contributed by atoms with Crippen LogP contribution in [0.25, 0.3) is 0 Å². The summed E-state index contributed by atoms with van der Waals surface area (Å²) in [5.74, 6) is -1.98. The molecule has 1 aliphatic carbocycles. The first-order chi connectivity index (χ1) is 9.46. The topological polar surface area (TPSA) is 12.0 Å². The normalized spacial score (nSPS) is 19.2. The summed E-state index contributed by atoms with van der Waals surface area (Å²) in [6.45, 7) is 1.62. The maximum atomic E-state index is 13.0. The summed E-state index contributed by atoms with van der Waals surface area (Å²) >= 11 is 9.39. The Morgan fingerprint density at radius 1 is 1.30 bits per heavy atom. The van der Waals surface area contributed by atoms with E-state index >= 15 is 0 Å². The molecule has 20 heavy (non-hydrogen) atoms. The van der Waals surface area contributed by atoms with Crippen molar-refractivity contribution < 1.29 is 8.78 Å². The Hall–Kier alpha value is -0.190. The Morgan fingerprint density at radius 3 is 2.65 bits per heavy atom. The Morgan fingerprint density at radius 2 is 2.00 bits per heavy atom. The number of alkyl halides is 2. The van der Waals surface area contributed by atoms with Gasteiger partial charge in [-0.05, 0) is 65.4 Å². The SMILES string of the molecule is FC1(F)CCC(CCNCc2ccc(Br)c(Cl)c2)CC1. The quantitative estimate of drug-likeness (QED) is 0.687. The van der Waals surface area contributed by atoms with Crippen molar-refractivity contribution in [1.29, 1.82) is 0 Å². The average Bonchev–Trinajstić information content (AvgIpc) is 2.40. The molecule has 1 saturated carbocycles. The van der Waals surface area contributed by atoms with Gasteiger partial charge in [-0.3, -0.25) is 0 Å². The highest BCUT2D eigenvalue weighted by molar-refractivity contribution is 9.10. The Balaban J connectivity index is 1.65. The molecule has 0 atom stereocenters. The monoisotopic (exact) mass is 365 g/mol. The van der Waals surface area contributed by atoms with Crippen LogP contribution in [0.2, 0.25) is 5.02 Å². The van der Waals surface area contributed by atoms with Gasteiger partial charge in [0.25, 0.3) is 0 Å². The van der Waals surface area contributed by atoms with Gasteiger partial charge in [-0.15, -0.1) is 0 Å². The first-order valence-corrected chi connectivity index (χ1v) is 8.16. The first-order valence-electron chi connectivity index (χ1n) is 6.99. The summed E-state index contributed by atoms with van der Waals surface area (Å²) in [7, 11) is 0. The van der Waals surface area contributed by atoms with Crippen LogP contribution in [0, 0.1) is 5.92 Å². The average molecular weight is 367 g/mol. The van der Waals surface area contributed by atoms with Crippen molar-refractivity contribution in [2.45, 2.75) is 44.6 Å². The van der Waals surface area contributed by atoms with E-state index in [0.717, 1.165) is 29.5 Å². The largest absolute Gasteiger partial charge is 0.313 e. The highest BCUT2D eigenvalue weighted by Gasteiger charge is 2.34. The molecule has 0 saturated heterocycles. The summed E-state index contributed by atoms with van der Waals surface area (Å²) in [4.78, 5) is 0. The van der Waals surface area contributed by atoms with Gasteiger partial charge in [0, 0.05) is 23.9 Å². The predicted molar refractivity (Wildman–Crippen MR) is 82.4 cm³/mol. The van der Waals surface area contributed by atoms with Gasteiger partial charge in [-0.1, -0.05) is 17.7 Å². The number of benzene rings is 1. The second-order valence-corrected chi connectivity index (χ2v) is 6.77. The minimum atomic E-state index is -2.42. The van der Waals surface area contributed by atoms with Crippen molar-refractivity contribution >= 4 is 27.5 Å². The Labute approximate surface area is 132 Å². The number of halogens is 4. The zero-order chi connectivity index (χ0) is 14.6. The molecular weight excluding hydrogens is 348 g/mol. The van der Waals surface area contributed by atoms with Crippen LogP contribution in [0.15, 0.2) is 22.7 Å². The highest BCUT2D eigenvalue weighted by Crippen LogP contribution is 2.37. The van der Waals surface area contributed by atoms with Crippen LogP contribution in [0.3, 0.4) is 0 Å². The molecule has 0 aromatic heterocycles. The van der Waals surface area contributed by atoms with E-state index in [1.807, 2.05) is 18.2 Å². The van der Waals surface area contributed by atoms with Gasteiger partial charge in [-0.25, -0.2) is 8.78 Å². The molecule has 0 heterocycles. The van der Waals surface area contributed by atoms with Crippen LogP contribution >= 0.6 is 27.5 Å². The van der Waals surface area contributed by atoms with Crippen LogP contribution in [0.5, 0.6) is 0 Å². The van der Waals surface area contributed by atoms with Crippen LogP contribution in [0.1, 0.15) is 37.7 Å². The van der Waals surface area contributed by atoms with Crippen molar-refractivity contribution in [1.82, 2.24) is 5.32 Å². The molecule has 1 N–H and O–H groups in total. The third-order valence-corrected chi connectivity index (χ3v) is 5.11. The Kier molecular flexibility index (Phi) is 5.82. The van der Waals surface area contributed by atoms with Gasteiger partial charge in [0.15, 0.2) is 0 Å². The van der Waals surface area contributed by atoms with Crippen LogP contribution in [0.4, 0.5) is 8.78 Å². The third-order valence-electron chi connectivity index (χ3n) is 3.88. The van der Waals surface area contributed by atoms with Gasteiger partial charge < -0.3 is 5.32 Å². The van der Waals surface area contributed by atoms with Crippen LogP contribution in [-0.4, -0.2) is 12.5 Å². The zero-order valence-electron chi connectivity index (χ0n) is 11.3. The fourth-order valence-electron chi connectivity index (χ4n) is 2.58. The lowest BCUT2D eigenvalue weighted by Crippen LogP contribution is -2.26. The zero-order valence-corrected chi connectivity index (χ0v) is 13.6. The van der Waals surface area contributed by atoms with Gasteiger partial charge in [0.1, 0.15) is 0 Å². The van der Waals surface area contributed by atoms with Gasteiger partial charge in [0.05, 0.1) is 5.02 Å². The number of hydrogen-bond donors (Lipinski definition) is 1. The van der Waals surface area contributed by atoms with Gasteiger partial charge in [-0.2, -0.15) is 0 Å². The minimum absolute atomic E-state index is 0.0555. The van der Waals surface area contributed by atoms with Gasteiger partial charge in [0.2, 0.25) is 5.92 Å². The summed E-state index contributed by atoms with van der Waals surface area (Å²) < 4.78 is 26.9. The molecule has 5 heteroatoms. The van der Waals surface area contributed by atoms with Gasteiger partial charge >= 0.3 is 0 Å². The molecule has 0 amide bonds. The van der Waals surface area contributed by atoms with Crippen molar-refractivity contribution in [3.05, 3.63) is 33.3 Å². The molecule has 0 unspecified atom stereocenters. The second-order valence-electron chi connectivity index (χ2n) is 5.51. The van der Waals surface area contributed by atoms with Crippen LogP contribution in [-0.2, 0) is 6.54 Å². The fourth-order valence-corrected chi connectivity index (χ4v) is 3.03. The highest BCUT2D eigenvalue weighted by atomic mass is 79.9. The molecule has 1 fully saturated rings. The predicted octanol–water partition coefficient (Wildman–Crippen LogP) is 5.41. The summed E-state index contributed by atoms with van der Waals surface area (Å²) in [6.07, 6.45) is 2.39. The minimum Gasteiger partial charge on any atom is -0.313 e. The fraction of sp³-hybridized carbons (Fsp3) is 0.600. The Bertz CT molecular complexity index is 443. The maximum absolute atomic E-state index is 13.0. The molecule has 2 rings (SSSR count). The van der Waals surface area contributed by atoms with Crippen molar-refractivity contribution in [3.8, 4) is 0 Å². The molecule has 0 radical (unpaired) electrons. The van der Waals surface area contributed by atoms with E-state index in [4.69, 9.17) is 11.6 Å². The number of nitrogens with one attached hydrogen (secondary N) is 1. The van der Waals surface area contributed by atoms with Crippen LogP contribution < -0.4 is 5.32 Å². The van der Waals surface area contributed by atoms with Crippen molar-refractivity contribution in [3.63, 3.8) is 0 Å². The molecule has 1 nitrogen and oxygen atoms in total. The van der Waals surface area contributed by atoms with E-state index in [2.05, 4.69) is 21.2 Å². The molecule has 112 valence electrons. The lowest BCUT2D eigenvalue weighted by molar-refractivity contribution is -0.0464. The summed E-state index contributed by atoms with van der Waals surface area (Å²) in [6, 6.07) is 5.88. The van der Waals surface area contributed by atoms with E-state index in [9.17, 15) is 8.78 Å². The third kappa shape index (κ3) is 4.97. The molecule has 1 aromatic carbocycles. The lowest BCUT2D eigenvalue weighted by atomic mass is 9.85. The first kappa shape index (κ1) is 16.2. The standard InChI is InChI=1S/C15H19BrClF2N/c16-13-2-1-12(9-14(13)17)10-20-8-5-11-3-6-15(18,19)7-4-11/h1-2,9,11,20H,3-8,10H2. The molecule has 1 aromatic rings. The lowest BCUT2D eigenvalue weighted by Gasteiger charge is -2.28. The summed E-state index contributed by atoms with van der Waals surface area (Å²) in [5, 5.41) is 4.06.